The lowest BCUT2D eigenvalue weighted by Crippen LogP contribution is -1.84. The standard InChI is InChI=1S/C28H20/c1-2-8-21(9-3-1)24-12-6-13-25(18-24)26-14-7-15-27(20-26)28-17-16-22-10-4-5-11-23(22)19-28/h1-20H. The molecule has 0 heterocycles. The van der Waals surface area contributed by atoms with Gasteiger partial charge < -0.3 is 0 Å². The highest BCUT2D eigenvalue weighted by Gasteiger charge is 2.05. The molecule has 0 atom stereocenters. The van der Waals surface area contributed by atoms with Gasteiger partial charge in [-0.05, 0) is 62.4 Å². The first-order valence-electron chi connectivity index (χ1n) is 9.62. The van der Waals surface area contributed by atoms with Crippen molar-refractivity contribution in [2.24, 2.45) is 0 Å². The van der Waals surface area contributed by atoms with E-state index in [2.05, 4.69) is 121 Å². The molecule has 0 saturated carbocycles. The summed E-state index contributed by atoms with van der Waals surface area (Å²) >= 11 is 0. The Hall–Kier alpha value is -3.64. The lowest BCUT2D eigenvalue weighted by Gasteiger charge is -2.09. The lowest BCUT2D eigenvalue weighted by molar-refractivity contribution is 1.58. The molecule has 0 heteroatoms. The lowest BCUT2D eigenvalue weighted by atomic mass is 9.95. The van der Waals surface area contributed by atoms with Crippen LogP contribution in [-0.4, -0.2) is 0 Å². The number of fused-ring (bicyclic) bond motifs is 1. The molecule has 0 bridgehead atoms. The number of hydrogen-bond acceptors (Lipinski definition) is 0. The highest BCUT2D eigenvalue weighted by molar-refractivity contribution is 5.88. The fourth-order valence-corrected chi connectivity index (χ4v) is 3.76. The topological polar surface area (TPSA) is 0 Å². The third-order valence-electron chi connectivity index (χ3n) is 5.25. The predicted octanol–water partition coefficient (Wildman–Crippen LogP) is 7.84. The Labute approximate surface area is 165 Å². The van der Waals surface area contributed by atoms with Crippen LogP contribution in [0.2, 0.25) is 0 Å². The van der Waals surface area contributed by atoms with E-state index in [0.29, 0.717) is 0 Å². The van der Waals surface area contributed by atoms with Crippen molar-refractivity contribution in [3.05, 3.63) is 121 Å². The van der Waals surface area contributed by atoms with Crippen LogP contribution in [0.4, 0.5) is 0 Å². The summed E-state index contributed by atoms with van der Waals surface area (Å²) in [6.45, 7) is 0. The molecular weight excluding hydrogens is 336 g/mol. The summed E-state index contributed by atoms with van der Waals surface area (Å²) in [5.74, 6) is 0. The maximum absolute atomic E-state index is 2.29. The van der Waals surface area contributed by atoms with E-state index in [1.54, 1.807) is 0 Å². The Morgan fingerprint density at radius 3 is 1.36 bits per heavy atom. The van der Waals surface area contributed by atoms with Crippen LogP contribution in [0.3, 0.4) is 0 Å². The van der Waals surface area contributed by atoms with Crippen LogP contribution in [0, 0.1) is 0 Å². The molecule has 0 fully saturated rings. The van der Waals surface area contributed by atoms with Crippen molar-refractivity contribution in [2.45, 2.75) is 0 Å². The van der Waals surface area contributed by atoms with Crippen molar-refractivity contribution in [2.75, 3.05) is 0 Å². The molecule has 0 amide bonds. The normalized spacial score (nSPS) is 10.9. The van der Waals surface area contributed by atoms with Gasteiger partial charge in [-0.25, -0.2) is 0 Å². The summed E-state index contributed by atoms with van der Waals surface area (Å²) in [7, 11) is 0. The minimum absolute atomic E-state index is 1.24. The number of rotatable bonds is 3. The van der Waals surface area contributed by atoms with Crippen molar-refractivity contribution in [1.29, 1.82) is 0 Å². The minimum Gasteiger partial charge on any atom is -0.0622 e. The van der Waals surface area contributed by atoms with Gasteiger partial charge in [-0.15, -0.1) is 0 Å². The minimum atomic E-state index is 1.24. The fourth-order valence-electron chi connectivity index (χ4n) is 3.76. The molecule has 0 aliphatic carbocycles. The van der Waals surface area contributed by atoms with Crippen LogP contribution in [0.15, 0.2) is 121 Å². The molecule has 28 heavy (non-hydrogen) atoms. The van der Waals surface area contributed by atoms with Gasteiger partial charge in [-0.3, -0.25) is 0 Å². The Morgan fingerprint density at radius 1 is 0.250 bits per heavy atom. The van der Waals surface area contributed by atoms with Gasteiger partial charge in [0.05, 0.1) is 0 Å². The van der Waals surface area contributed by atoms with Gasteiger partial charge in [0.1, 0.15) is 0 Å². The van der Waals surface area contributed by atoms with E-state index in [-0.39, 0.29) is 0 Å². The Balaban J connectivity index is 1.55. The van der Waals surface area contributed by atoms with E-state index in [9.17, 15) is 0 Å². The molecule has 0 aliphatic heterocycles. The van der Waals surface area contributed by atoms with Crippen LogP contribution in [-0.2, 0) is 0 Å². The quantitative estimate of drug-likeness (QED) is 0.309. The summed E-state index contributed by atoms with van der Waals surface area (Å²) in [5, 5.41) is 2.55. The van der Waals surface area contributed by atoms with Crippen molar-refractivity contribution in [3.8, 4) is 33.4 Å². The number of hydrogen-bond donors (Lipinski definition) is 0. The molecule has 0 unspecified atom stereocenters. The van der Waals surface area contributed by atoms with Gasteiger partial charge in [0.15, 0.2) is 0 Å². The van der Waals surface area contributed by atoms with Crippen molar-refractivity contribution in [1.82, 2.24) is 0 Å². The second-order valence-electron chi connectivity index (χ2n) is 7.09. The van der Waals surface area contributed by atoms with Crippen LogP contribution in [0.1, 0.15) is 0 Å². The van der Waals surface area contributed by atoms with E-state index in [4.69, 9.17) is 0 Å². The van der Waals surface area contributed by atoms with E-state index in [1.807, 2.05) is 0 Å². The first-order valence-corrected chi connectivity index (χ1v) is 9.62. The molecule has 0 N–H and O–H groups in total. The van der Waals surface area contributed by atoms with Crippen LogP contribution >= 0.6 is 0 Å². The van der Waals surface area contributed by atoms with Gasteiger partial charge in [0.2, 0.25) is 0 Å². The van der Waals surface area contributed by atoms with Gasteiger partial charge in [0.25, 0.3) is 0 Å². The monoisotopic (exact) mass is 356 g/mol. The zero-order chi connectivity index (χ0) is 18.8. The van der Waals surface area contributed by atoms with E-state index in [0.717, 1.165) is 0 Å². The first-order chi connectivity index (χ1) is 13.9. The molecule has 0 spiro atoms. The average molecular weight is 356 g/mol. The van der Waals surface area contributed by atoms with Gasteiger partial charge >= 0.3 is 0 Å². The van der Waals surface area contributed by atoms with Crippen molar-refractivity contribution in [3.63, 3.8) is 0 Å². The Bertz CT molecular complexity index is 1250. The Morgan fingerprint density at radius 2 is 0.714 bits per heavy atom. The molecule has 0 radical (unpaired) electrons. The average Bonchev–Trinajstić information content (AvgIpc) is 2.79. The maximum Gasteiger partial charge on any atom is -0.0177 e. The zero-order valence-electron chi connectivity index (χ0n) is 15.5. The molecular formula is C28H20. The highest BCUT2D eigenvalue weighted by Crippen LogP contribution is 2.30. The molecule has 5 rings (SSSR count). The maximum atomic E-state index is 2.29. The summed E-state index contributed by atoms with van der Waals surface area (Å²) in [4.78, 5) is 0. The van der Waals surface area contributed by atoms with E-state index < -0.39 is 0 Å². The molecule has 0 aromatic heterocycles. The van der Waals surface area contributed by atoms with Crippen molar-refractivity contribution >= 4 is 10.8 Å². The van der Waals surface area contributed by atoms with Gasteiger partial charge in [-0.1, -0.05) is 103 Å². The molecule has 5 aromatic carbocycles. The second-order valence-corrected chi connectivity index (χ2v) is 7.09. The smallest absolute Gasteiger partial charge is 0.0177 e. The van der Waals surface area contributed by atoms with Crippen LogP contribution in [0.25, 0.3) is 44.2 Å². The molecule has 0 nitrogen and oxygen atoms in total. The predicted molar refractivity (Wildman–Crippen MR) is 120 cm³/mol. The fraction of sp³-hybridized carbons (Fsp3) is 0. The van der Waals surface area contributed by atoms with E-state index >= 15 is 0 Å². The van der Waals surface area contributed by atoms with Gasteiger partial charge in [-0.2, -0.15) is 0 Å². The molecule has 0 saturated heterocycles. The van der Waals surface area contributed by atoms with Crippen molar-refractivity contribution < 1.29 is 0 Å². The first kappa shape index (κ1) is 16.5. The Kier molecular flexibility index (Phi) is 4.23. The SMILES string of the molecule is c1ccc(-c2cccc(-c3cccc(-c4ccc5ccccc5c4)c3)c2)cc1. The second kappa shape index (κ2) is 7.17. The number of benzene rings is 5. The summed E-state index contributed by atoms with van der Waals surface area (Å²) < 4.78 is 0. The highest BCUT2D eigenvalue weighted by atomic mass is 14.1. The van der Waals surface area contributed by atoms with Crippen LogP contribution in [0.5, 0.6) is 0 Å². The molecule has 132 valence electrons. The molecule has 0 aliphatic rings. The largest absolute Gasteiger partial charge is 0.0622 e. The summed E-state index contributed by atoms with van der Waals surface area (Å²) in [6.07, 6.45) is 0. The van der Waals surface area contributed by atoms with Gasteiger partial charge in [0, 0.05) is 0 Å². The molecule has 5 aromatic rings. The zero-order valence-corrected chi connectivity index (χ0v) is 15.5. The summed E-state index contributed by atoms with van der Waals surface area (Å²) in [6, 6.07) is 43.3. The van der Waals surface area contributed by atoms with Crippen LogP contribution < -0.4 is 0 Å². The summed E-state index contributed by atoms with van der Waals surface area (Å²) in [5.41, 5.74) is 7.46. The van der Waals surface area contributed by atoms with E-state index in [1.165, 1.54) is 44.2 Å². The third kappa shape index (κ3) is 3.21. The third-order valence-corrected chi connectivity index (χ3v) is 5.25.